The normalized spacial score (nSPS) is 21.0. The van der Waals surface area contributed by atoms with E-state index in [-0.39, 0.29) is 37.2 Å². The topological polar surface area (TPSA) is 65.4 Å². The number of nitriles is 1. The predicted octanol–water partition coefficient (Wildman–Crippen LogP) is 2.32. The maximum atomic E-state index is 12.2. The molecule has 21 heavy (non-hydrogen) atoms. The molecule has 1 aliphatic heterocycles. The third kappa shape index (κ3) is 4.92. The summed E-state index contributed by atoms with van der Waals surface area (Å²) in [6.45, 7) is 3.48. The van der Waals surface area contributed by atoms with E-state index in [1.165, 1.54) is 0 Å². The highest BCUT2D eigenvalue weighted by molar-refractivity contribution is 5.85. The van der Waals surface area contributed by atoms with Gasteiger partial charge < -0.3 is 15.0 Å². The molecule has 0 spiro atoms. The molecule has 1 saturated heterocycles. The summed E-state index contributed by atoms with van der Waals surface area (Å²) in [6.07, 6.45) is -0.0254. The van der Waals surface area contributed by atoms with Gasteiger partial charge in [-0.3, -0.25) is 0 Å². The van der Waals surface area contributed by atoms with Gasteiger partial charge in [0, 0.05) is 19.1 Å². The predicted molar refractivity (Wildman–Crippen MR) is 82.1 cm³/mol. The Hall–Kier alpha value is -1.77. The van der Waals surface area contributed by atoms with Crippen LogP contribution in [0, 0.1) is 11.3 Å². The van der Waals surface area contributed by atoms with Gasteiger partial charge in [0.05, 0.1) is 18.5 Å². The highest BCUT2D eigenvalue weighted by Crippen LogP contribution is 2.13. The minimum absolute atomic E-state index is 0. The maximum Gasteiger partial charge on any atom is 0.410 e. The van der Waals surface area contributed by atoms with Gasteiger partial charge in [-0.2, -0.15) is 5.26 Å². The van der Waals surface area contributed by atoms with Crippen molar-refractivity contribution in [2.45, 2.75) is 32.0 Å². The van der Waals surface area contributed by atoms with Crippen molar-refractivity contribution in [2.24, 2.45) is 0 Å². The summed E-state index contributed by atoms with van der Waals surface area (Å²) in [7, 11) is 0. The lowest BCUT2D eigenvalue weighted by Crippen LogP contribution is -2.57. The van der Waals surface area contributed by atoms with Crippen LogP contribution in [-0.2, 0) is 11.3 Å². The molecule has 2 rings (SSSR count). The lowest BCUT2D eigenvalue weighted by Gasteiger charge is -2.37. The van der Waals surface area contributed by atoms with Crippen molar-refractivity contribution in [1.29, 1.82) is 5.26 Å². The van der Waals surface area contributed by atoms with Crippen molar-refractivity contribution in [2.75, 3.05) is 13.1 Å². The van der Waals surface area contributed by atoms with E-state index in [2.05, 4.69) is 11.4 Å². The van der Waals surface area contributed by atoms with Crippen molar-refractivity contribution >= 4 is 18.5 Å². The van der Waals surface area contributed by atoms with E-state index in [9.17, 15) is 4.79 Å². The zero-order chi connectivity index (χ0) is 14.4. The lowest BCUT2D eigenvalue weighted by molar-refractivity contribution is 0.0656. The van der Waals surface area contributed by atoms with Crippen LogP contribution in [0.2, 0.25) is 0 Å². The average Bonchev–Trinajstić information content (AvgIpc) is 2.48. The van der Waals surface area contributed by atoms with Gasteiger partial charge >= 0.3 is 6.09 Å². The maximum absolute atomic E-state index is 12.2. The molecule has 1 heterocycles. The smallest absolute Gasteiger partial charge is 0.410 e. The SMILES string of the molecule is CC1CN(C(=O)OCc2ccccc2)[C@H](CC#N)CN1.Cl. The minimum atomic E-state index is -0.345. The summed E-state index contributed by atoms with van der Waals surface area (Å²) in [6, 6.07) is 11.8. The van der Waals surface area contributed by atoms with E-state index in [0.717, 1.165) is 5.56 Å². The Morgan fingerprint density at radius 1 is 1.48 bits per heavy atom. The number of rotatable bonds is 3. The highest BCUT2D eigenvalue weighted by Gasteiger charge is 2.30. The summed E-state index contributed by atoms with van der Waals surface area (Å²) < 4.78 is 5.34. The van der Waals surface area contributed by atoms with Crippen LogP contribution in [0.4, 0.5) is 4.79 Å². The van der Waals surface area contributed by atoms with Crippen molar-refractivity contribution in [3.05, 3.63) is 35.9 Å². The van der Waals surface area contributed by atoms with Crippen molar-refractivity contribution in [1.82, 2.24) is 10.2 Å². The number of hydrogen-bond donors (Lipinski definition) is 1. The molecule has 1 amide bonds. The average molecular weight is 310 g/mol. The second-order valence-electron chi connectivity index (χ2n) is 5.02. The third-order valence-corrected chi connectivity index (χ3v) is 3.38. The Labute approximate surface area is 131 Å². The zero-order valence-electron chi connectivity index (χ0n) is 12.0. The van der Waals surface area contributed by atoms with E-state index in [1.807, 2.05) is 37.3 Å². The molecule has 1 N–H and O–H groups in total. The van der Waals surface area contributed by atoms with Gasteiger partial charge in [-0.25, -0.2) is 4.79 Å². The lowest BCUT2D eigenvalue weighted by atomic mass is 10.1. The molecule has 0 saturated carbocycles. The quantitative estimate of drug-likeness (QED) is 0.930. The second kappa shape index (κ2) is 8.50. The Bertz CT molecular complexity index is 489. The van der Waals surface area contributed by atoms with Crippen LogP contribution in [0.15, 0.2) is 30.3 Å². The molecule has 1 aromatic carbocycles. The van der Waals surface area contributed by atoms with Gasteiger partial charge in [-0.05, 0) is 12.5 Å². The number of carbonyl (C=O) groups excluding carboxylic acids is 1. The first-order valence-corrected chi connectivity index (χ1v) is 6.78. The van der Waals surface area contributed by atoms with Gasteiger partial charge in [0.2, 0.25) is 0 Å². The number of halogens is 1. The van der Waals surface area contributed by atoms with Crippen molar-refractivity contribution in [3.8, 4) is 6.07 Å². The first-order chi connectivity index (χ1) is 9.70. The number of carbonyl (C=O) groups is 1. The van der Waals surface area contributed by atoms with E-state index in [1.54, 1.807) is 4.90 Å². The number of ether oxygens (including phenoxy) is 1. The first-order valence-electron chi connectivity index (χ1n) is 6.78. The second-order valence-corrected chi connectivity index (χ2v) is 5.02. The number of nitrogens with one attached hydrogen (secondary N) is 1. The summed E-state index contributed by atoms with van der Waals surface area (Å²) in [5, 5.41) is 12.1. The fourth-order valence-electron chi connectivity index (χ4n) is 2.27. The first kappa shape index (κ1) is 17.3. The van der Waals surface area contributed by atoms with Crippen LogP contribution >= 0.6 is 12.4 Å². The highest BCUT2D eigenvalue weighted by atomic mass is 35.5. The van der Waals surface area contributed by atoms with Crippen LogP contribution in [0.5, 0.6) is 0 Å². The number of hydrogen-bond acceptors (Lipinski definition) is 4. The third-order valence-electron chi connectivity index (χ3n) is 3.38. The molecule has 2 atom stereocenters. The summed E-state index contributed by atoms with van der Waals surface area (Å²) in [5.41, 5.74) is 0.959. The molecule has 1 aliphatic rings. The number of benzene rings is 1. The zero-order valence-corrected chi connectivity index (χ0v) is 12.8. The molecule has 1 unspecified atom stereocenters. The van der Waals surface area contributed by atoms with E-state index in [0.29, 0.717) is 19.5 Å². The molecular formula is C15H20ClN3O2. The molecular weight excluding hydrogens is 290 g/mol. The minimum Gasteiger partial charge on any atom is -0.445 e. The molecule has 5 nitrogen and oxygen atoms in total. The molecule has 0 aliphatic carbocycles. The summed E-state index contributed by atoms with van der Waals surface area (Å²) in [5.74, 6) is 0. The van der Waals surface area contributed by atoms with Gasteiger partial charge in [0.1, 0.15) is 6.61 Å². The number of amides is 1. The molecule has 6 heteroatoms. The molecule has 0 radical (unpaired) electrons. The monoisotopic (exact) mass is 309 g/mol. The fourth-order valence-corrected chi connectivity index (χ4v) is 2.27. The van der Waals surface area contributed by atoms with Crippen molar-refractivity contribution < 1.29 is 9.53 Å². The Balaban J connectivity index is 0.00000220. The van der Waals surface area contributed by atoms with E-state index in [4.69, 9.17) is 10.00 Å². The Kier molecular flexibility index (Phi) is 7.00. The Morgan fingerprint density at radius 2 is 2.19 bits per heavy atom. The largest absolute Gasteiger partial charge is 0.445 e. The molecule has 0 aromatic heterocycles. The van der Waals surface area contributed by atoms with Crippen LogP contribution in [0.25, 0.3) is 0 Å². The molecule has 0 bridgehead atoms. The summed E-state index contributed by atoms with van der Waals surface area (Å²) >= 11 is 0. The van der Waals surface area contributed by atoms with E-state index < -0.39 is 0 Å². The van der Waals surface area contributed by atoms with Gasteiger partial charge in [0.15, 0.2) is 0 Å². The van der Waals surface area contributed by atoms with E-state index >= 15 is 0 Å². The molecule has 1 aromatic rings. The van der Waals surface area contributed by atoms with Gasteiger partial charge in [-0.15, -0.1) is 12.4 Å². The van der Waals surface area contributed by atoms with Crippen LogP contribution in [0.3, 0.4) is 0 Å². The molecule has 114 valence electrons. The van der Waals surface area contributed by atoms with Crippen LogP contribution < -0.4 is 5.32 Å². The number of piperazine rings is 1. The van der Waals surface area contributed by atoms with Crippen molar-refractivity contribution in [3.63, 3.8) is 0 Å². The van der Waals surface area contributed by atoms with Crippen LogP contribution in [0.1, 0.15) is 18.9 Å². The molecule has 1 fully saturated rings. The van der Waals surface area contributed by atoms with Crippen LogP contribution in [-0.4, -0.2) is 36.2 Å². The standard InChI is InChI=1S/C15H19N3O2.ClH/c1-12-10-18(14(7-8-16)9-17-12)15(19)20-11-13-5-3-2-4-6-13;/h2-6,12,14,17H,7,9-11H2,1H3;1H/t12?,14-;/m1./s1. The fraction of sp³-hybridized carbons (Fsp3) is 0.467. The number of nitrogens with zero attached hydrogens (tertiary/aromatic N) is 2. The Morgan fingerprint density at radius 3 is 2.86 bits per heavy atom. The van der Waals surface area contributed by atoms with Gasteiger partial charge in [0.25, 0.3) is 0 Å². The van der Waals surface area contributed by atoms with Gasteiger partial charge in [-0.1, -0.05) is 30.3 Å². The summed E-state index contributed by atoms with van der Waals surface area (Å²) in [4.78, 5) is 13.8.